The quantitative estimate of drug-likeness (QED) is 0.458. The van der Waals surface area contributed by atoms with Crippen LogP contribution in [0.3, 0.4) is 0 Å². The highest BCUT2D eigenvalue weighted by Crippen LogP contribution is 2.36. The highest BCUT2D eigenvalue weighted by molar-refractivity contribution is 7.81. The summed E-state index contributed by atoms with van der Waals surface area (Å²) in [5, 5.41) is 22.4. The van der Waals surface area contributed by atoms with Crippen LogP contribution in [0.5, 0.6) is 0 Å². The minimum Gasteiger partial charge on any atom is -0.445 e. The number of ether oxygens (including phenoxy) is 1. The van der Waals surface area contributed by atoms with Crippen molar-refractivity contribution in [3.63, 3.8) is 0 Å². The Morgan fingerprint density at radius 2 is 2.19 bits per heavy atom. The van der Waals surface area contributed by atoms with Gasteiger partial charge in [-0.05, 0) is 24.1 Å². The van der Waals surface area contributed by atoms with E-state index in [0.29, 0.717) is 24.2 Å². The zero-order valence-electron chi connectivity index (χ0n) is 13.6. The fourth-order valence-corrected chi connectivity index (χ4v) is 4.05. The van der Waals surface area contributed by atoms with Crippen LogP contribution < -0.4 is 0 Å². The van der Waals surface area contributed by atoms with Crippen LogP contribution in [0.2, 0.25) is 0 Å². The molecule has 138 valence electrons. The Hall–Kier alpha value is -2.17. The van der Waals surface area contributed by atoms with E-state index in [1.165, 1.54) is 23.5 Å². The molecule has 1 aromatic heterocycles. The number of hydrogen-bond donors (Lipinski definition) is 2. The number of benzene rings is 1. The first kappa shape index (κ1) is 18.6. The zero-order valence-corrected chi connectivity index (χ0v) is 15.4. The summed E-state index contributed by atoms with van der Waals surface area (Å²) in [5.41, 5.74) is 1.23. The van der Waals surface area contributed by atoms with Crippen LogP contribution in [0.4, 0.5) is 10.5 Å². The molecule has 0 unspecified atom stereocenters. The molecule has 0 spiro atoms. The van der Waals surface area contributed by atoms with Crippen molar-refractivity contribution < 1.29 is 19.6 Å². The molecule has 1 fully saturated rings. The van der Waals surface area contributed by atoms with E-state index < -0.39 is 11.0 Å². The molecule has 1 aliphatic rings. The summed E-state index contributed by atoms with van der Waals surface area (Å²) >= 11 is 5.86. The summed E-state index contributed by atoms with van der Waals surface area (Å²) in [6.45, 7) is 0.329. The normalized spacial score (nSPS) is 19.5. The van der Waals surface area contributed by atoms with Crippen LogP contribution in [0, 0.1) is 10.1 Å². The van der Waals surface area contributed by atoms with Crippen molar-refractivity contribution in [1.82, 2.24) is 9.88 Å². The molecule has 8 nitrogen and oxygen atoms in total. The lowest BCUT2D eigenvalue weighted by Crippen LogP contribution is -2.31. The van der Waals surface area contributed by atoms with Crippen LogP contribution in [0.1, 0.15) is 28.7 Å². The topological polar surface area (TPSA) is 106 Å². The highest BCUT2D eigenvalue weighted by Gasteiger charge is 2.37. The number of aliphatic hydroxyl groups excluding tert-OH is 1. The Kier molecular flexibility index (Phi) is 5.74. The maximum atomic E-state index is 12.5. The molecule has 3 rings (SSSR count). The van der Waals surface area contributed by atoms with Gasteiger partial charge in [-0.15, -0.1) is 11.3 Å². The minimum absolute atomic E-state index is 0.0129. The van der Waals surface area contributed by atoms with Crippen molar-refractivity contribution in [3.05, 3.63) is 56.0 Å². The number of nitrogens with zero attached hydrogens (tertiary/aromatic N) is 3. The molecule has 10 heteroatoms. The molecule has 26 heavy (non-hydrogen) atoms. The minimum atomic E-state index is -0.481. The maximum absolute atomic E-state index is 12.5. The van der Waals surface area contributed by atoms with Crippen molar-refractivity contribution in [2.75, 3.05) is 6.54 Å². The molecular weight excluding hydrogens is 378 g/mol. The Bertz CT molecular complexity index is 795. The van der Waals surface area contributed by atoms with E-state index in [1.807, 2.05) is 0 Å². The number of nitro benzene ring substituents is 1. The van der Waals surface area contributed by atoms with E-state index in [9.17, 15) is 14.9 Å². The number of likely N-dealkylation sites (tertiary alicyclic amines) is 1. The van der Waals surface area contributed by atoms with E-state index in [2.05, 4.69) is 17.6 Å². The van der Waals surface area contributed by atoms with Crippen molar-refractivity contribution in [2.45, 2.75) is 30.9 Å². The number of carbonyl (C=O) groups excluding carboxylic acids is 1. The lowest BCUT2D eigenvalue weighted by molar-refractivity contribution is -0.384. The summed E-state index contributed by atoms with van der Waals surface area (Å²) in [5.74, 6) is 0. The van der Waals surface area contributed by atoms with Crippen LogP contribution in [-0.2, 0) is 18.0 Å². The number of hydrogen-bond acceptors (Lipinski definition) is 8. The third-order valence-corrected chi connectivity index (χ3v) is 5.41. The van der Waals surface area contributed by atoms with Gasteiger partial charge in [-0.3, -0.25) is 15.0 Å². The van der Waals surface area contributed by atoms with Crippen molar-refractivity contribution in [3.8, 4) is 0 Å². The summed E-state index contributed by atoms with van der Waals surface area (Å²) in [4.78, 5) is 28.6. The van der Waals surface area contributed by atoms with E-state index in [4.69, 9.17) is 9.84 Å². The number of non-ortho nitro benzene ring substituents is 1. The first-order chi connectivity index (χ1) is 12.5. The SMILES string of the molecule is O=C(OCc1ccc([N+](=O)[O-])cc1)N1C[C@@H](S)C[C@H]1c1nc(CO)cs1. The molecule has 1 aromatic carbocycles. The molecule has 0 saturated carbocycles. The second-order valence-corrected chi connectivity index (χ2v) is 7.49. The van der Waals surface area contributed by atoms with Crippen LogP contribution in [0.25, 0.3) is 0 Å². The monoisotopic (exact) mass is 395 g/mol. The number of aliphatic hydroxyl groups is 1. The van der Waals surface area contributed by atoms with E-state index in [1.54, 1.807) is 22.4 Å². The lowest BCUT2D eigenvalue weighted by atomic mass is 10.2. The Morgan fingerprint density at radius 1 is 1.46 bits per heavy atom. The first-order valence-electron chi connectivity index (χ1n) is 7.88. The molecule has 2 heterocycles. The zero-order chi connectivity index (χ0) is 18.7. The molecule has 1 saturated heterocycles. The number of rotatable bonds is 5. The van der Waals surface area contributed by atoms with Gasteiger partial charge in [0, 0.05) is 29.3 Å². The van der Waals surface area contributed by atoms with Gasteiger partial charge in [0.1, 0.15) is 11.6 Å². The molecule has 0 bridgehead atoms. The Morgan fingerprint density at radius 3 is 2.81 bits per heavy atom. The third kappa shape index (κ3) is 4.14. The van der Waals surface area contributed by atoms with Gasteiger partial charge in [0.05, 0.1) is 23.3 Å². The number of thiazole rings is 1. The van der Waals surface area contributed by atoms with Gasteiger partial charge in [-0.25, -0.2) is 9.78 Å². The molecule has 1 amide bonds. The average molecular weight is 395 g/mol. The predicted octanol–water partition coefficient (Wildman–Crippen LogP) is 2.93. The van der Waals surface area contributed by atoms with E-state index in [-0.39, 0.29) is 30.2 Å². The molecule has 0 aliphatic carbocycles. The summed E-state index contributed by atoms with van der Waals surface area (Å²) in [7, 11) is 0. The van der Waals surface area contributed by atoms with Crippen LogP contribution in [-0.4, -0.2) is 37.8 Å². The van der Waals surface area contributed by atoms with E-state index in [0.717, 1.165) is 5.01 Å². The number of aromatic nitrogens is 1. The third-order valence-electron chi connectivity index (χ3n) is 4.04. The van der Waals surface area contributed by atoms with Crippen LogP contribution in [0.15, 0.2) is 29.6 Å². The number of thiol groups is 1. The van der Waals surface area contributed by atoms with Crippen molar-refractivity contribution in [1.29, 1.82) is 0 Å². The summed E-state index contributed by atoms with van der Waals surface area (Å²) < 4.78 is 5.36. The van der Waals surface area contributed by atoms with Gasteiger partial charge < -0.3 is 9.84 Å². The fourth-order valence-electron chi connectivity index (χ4n) is 2.74. The number of carbonyl (C=O) groups is 1. The number of nitro groups is 1. The van der Waals surface area contributed by atoms with Gasteiger partial charge in [0.25, 0.3) is 5.69 Å². The van der Waals surface area contributed by atoms with Crippen molar-refractivity contribution in [2.24, 2.45) is 0 Å². The number of amides is 1. The van der Waals surface area contributed by atoms with Gasteiger partial charge in [-0.2, -0.15) is 12.6 Å². The van der Waals surface area contributed by atoms with Gasteiger partial charge in [0.15, 0.2) is 0 Å². The van der Waals surface area contributed by atoms with Gasteiger partial charge in [0.2, 0.25) is 0 Å². The fraction of sp³-hybridized carbons (Fsp3) is 0.375. The molecule has 2 aromatic rings. The second kappa shape index (κ2) is 8.02. The smallest absolute Gasteiger partial charge is 0.410 e. The standard InChI is InChI=1S/C16H17N3O5S2/c20-7-11-9-26-15(17-11)14-5-13(25)6-18(14)16(21)24-8-10-1-3-12(4-2-10)19(22)23/h1-4,9,13-14,20,25H,5-8H2/t13-,14-/m0/s1. The van der Waals surface area contributed by atoms with Gasteiger partial charge >= 0.3 is 6.09 Å². The summed E-state index contributed by atoms with van der Waals surface area (Å²) in [6, 6.07) is 5.63. The maximum Gasteiger partial charge on any atom is 0.410 e. The molecule has 1 aliphatic heterocycles. The van der Waals surface area contributed by atoms with Crippen LogP contribution >= 0.6 is 24.0 Å². The summed E-state index contributed by atoms with van der Waals surface area (Å²) in [6.07, 6.45) is 0.180. The second-order valence-electron chi connectivity index (χ2n) is 5.87. The molecular formula is C16H17N3O5S2. The Balaban J connectivity index is 1.64. The molecule has 1 N–H and O–H groups in total. The average Bonchev–Trinajstić information content (AvgIpc) is 3.26. The largest absolute Gasteiger partial charge is 0.445 e. The predicted molar refractivity (Wildman–Crippen MR) is 98.2 cm³/mol. The molecule has 0 radical (unpaired) electrons. The molecule has 2 atom stereocenters. The van der Waals surface area contributed by atoms with Gasteiger partial charge in [-0.1, -0.05) is 0 Å². The van der Waals surface area contributed by atoms with E-state index >= 15 is 0 Å². The highest BCUT2D eigenvalue weighted by atomic mass is 32.1. The first-order valence-corrected chi connectivity index (χ1v) is 9.27. The Labute approximate surface area is 159 Å². The van der Waals surface area contributed by atoms with Crippen molar-refractivity contribution >= 4 is 35.7 Å². The lowest BCUT2D eigenvalue weighted by Gasteiger charge is -2.22.